The molecule has 0 amide bonds. The standard InChI is InChI=1S/C7H14F2N2.ClH/c8-7(9)5-11-3-1-2-6(10)4-11;/h6-7H,1-5,10H2;1H. The Kier molecular flexibility index (Phi) is 5.70. The van der Waals surface area contributed by atoms with Crippen molar-refractivity contribution in [1.29, 1.82) is 0 Å². The topological polar surface area (TPSA) is 29.3 Å². The maximum atomic E-state index is 11.9. The average Bonchev–Trinajstić information content (AvgIpc) is 1.85. The minimum Gasteiger partial charge on any atom is -0.327 e. The Hall–Kier alpha value is 0.0700. The summed E-state index contributed by atoms with van der Waals surface area (Å²) in [6.45, 7) is 1.29. The summed E-state index contributed by atoms with van der Waals surface area (Å²) in [6, 6.07) is 0.0995. The van der Waals surface area contributed by atoms with Crippen LogP contribution in [0.2, 0.25) is 0 Å². The first kappa shape index (κ1) is 12.1. The van der Waals surface area contributed by atoms with Crippen molar-refractivity contribution in [3.05, 3.63) is 0 Å². The minimum atomic E-state index is -2.22. The molecular formula is C7H15ClF2N2. The molecule has 74 valence electrons. The monoisotopic (exact) mass is 200 g/mol. The van der Waals surface area contributed by atoms with Crippen LogP contribution in [0.15, 0.2) is 0 Å². The van der Waals surface area contributed by atoms with E-state index in [0.29, 0.717) is 6.54 Å². The van der Waals surface area contributed by atoms with Crippen LogP contribution in [-0.2, 0) is 0 Å². The van der Waals surface area contributed by atoms with E-state index in [4.69, 9.17) is 5.73 Å². The molecule has 1 atom stereocenters. The number of rotatable bonds is 2. The van der Waals surface area contributed by atoms with Gasteiger partial charge in [0.15, 0.2) is 0 Å². The van der Waals surface area contributed by atoms with Gasteiger partial charge in [0.1, 0.15) is 0 Å². The number of halogens is 3. The lowest BCUT2D eigenvalue weighted by Gasteiger charge is -2.30. The van der Waals surface area contributed by atoms with Gasteiger partial charge in [-0.25, -0.2) is 8.78 Å². The number of alkyl halides is 2. The van der Waals surface area contributed by atoms with E-state index in [0.717, 1.165) is 19.4 Å². The fourth-order valence-electron chi connectivity index (χ4n) is 1.45. The largest absolute Gasteiger partial charge is 0.327 e. The number of nitrogens with zero attached hydrogens (tertiary/aromatic N) is 1. The molecule has 0 aromatic carbocycles. The van der Waals surface area contributed by atoms with Crippen LogP contribution < -0.4 is 5.73 Å². The van der Waals surface area contributed by atoms with Gasteiger partial charge in [0.2, 0.25) is 0 Å². The highest BCUT2D eigenvalue weighted by Gasteiger charge is 2.18. The lowest BCUT2D eigenvalue weighted by molar-refractivity contribution is 0.0745. The summed E-state index contributed by atoms with van der Waals surface area (Å²) in [6.07, 6.45) is -0.298. The maximum Gasteiger partial charge on any atom is 0.251 e. The third kappa shape index (κ3) is 4.18. The van der Waals surface area contributed by atoms with Crippen molar-refractivity contribution in [3.63, 3.8) is 0 Å². The van der Waals surface area contributed by atoms with E-state index in [2.05, 4.69) is 0 Å². The molecule has 0 radical (unpaired) electrons. The third-order valence-electron chi connectivity index (χ3n) is 1.94. The molecule has 0 bridgehead atoms. The van der Waals surface area contributed by atoms with E-state index in [-0.39, 0.29) is 25.0 Å². The Morgan fingerprint density at radius 2 is 2.17 bits per heavy atom. The Bertz CT molecular complexity index is 122. The molecule has 0 spiro atoms. The SMILES string of the molecule is Cl.NC1CCCN(CC(F)F)C1. The zero-order valence-electron chi connectivity index (χ0n) is 6.88. The zero-order valence-corrected chi connectivity index (χ0v) is 7.70. The van der Waals surface area contributed by atoms with Gasteiger partial charge in [0.05, 0.1) is 6.54 Å². The quantitative estimate of drug-likeness (QED) is 0.724. The van der Waals surface area contributed by atoms with Gasteiger partial charge in [0, 0.05) is 12.6 Å². The van der Waals surface area contributed by atoms with Gasteiger partial charge in [-0.05, 0) is 19.4 Å². The van der Waals surface area contributed by atoms with Crippen molar-refractivity contribution in [2.75, 3.05) is 19.6 Å². The van der Waals surface area contributed by atoms with Crippen LogP contribution in [0, 0.1) is 0 Å². The molecule has 1 saturated heterocycles. The van der Waals surface area contributed by atoms with E-state index in [1.54, 1.807) is 4.90 Å². The molecule has 0 aliphatic carbocycles. The van der Waals surface area contributed by atoms with Gasteiger partial charge in [0.25, 0.3) is 6.43 Å². The number of piperidine rings is 1. The van der Waals surface area contributed by atoms with Crippen LogP contribution in [0.1, 0.15) is 12.8 Å². The second-order valence-corrected chi connectivity index (χ2v) is 3.05. The van der Waals surface area contributed by atoms with Gasteiger partial charge in [-0.1, -0.05) is 0 Å². The minimum absolute atomic E-state index is 0. The summed E-state index contributed by atoms with van der Waals surface area (Å²) in [7, 11) is 0. The summed E-state index contributed by atoms with van der Waals surface area (Å²) in [5.41, 5.74) is 5.61. The van der Waals surface area contributed by atoms with Gasteiger partial charge < -0.3 is 5.73 Å². The second kappa shape index (κ2) is 5.67. The Balaban J connectivity index is 0.00000121. The molecule has 0 aromatic heterocycles. The fourth-order valence-corrected chi connectivity index (χ4v) is 1.45. The number of hydrogen-bond donors (Lipinski definition) is 1. The van der Waals surface area contributed by atoms with Crippen molar-refractivity contribution in [2.45, 2.75) is 25.3 Å². The first-order valence-corrected chi connectivity index (χ1v) is 3.94. The normalized spacial score (nSPS) is 25.5. The van der Waals surface area contributed by atoms with Crippen LogP contribution >= 0.6 is 12.4 Å². The van der Waals surface area contributed by atoms with Crippen LogP contribution in [0.5, 0.6) is 0 Å². The highest BCUT2D eigenvalue weighted by Crippen LogP contribution is 2.09. The predicted molar refractivity (Wildman–Crippen MR) is 46.9 cm³/mol. The summed E-state index contributed by atoms with van der Waals surface area (Å²) >= 11 is 0. The third-order valence-corrected chi connectivity index (χ3v) is 1.94. The molecule has 1 unspecified atom stereocenters. The fraction of sp³-hybridized carbons (Fsp3) is 1.00. The summed E-state index contributed by atoms with van der Waals surface area (Å²) in [4.78, 5) is 1.73. The molecule has 2 nitrogen and oxygen atoms in total. The van der Waals surface area contributed by atoms with Gasteiger partial charge in [-0.3, -0.25) is 4.90 Å². The van der Waals surface area contributed by atoms with E-state index >= 15 is 0 Å². The van der Waals surface area contributed by atoms with E-state index in [1.807, 2.05) is 0 Å². The number of likely N-dealkylation sites (tertiary alicyclic amines) is 1. The van der Waals surface area contributed by atoms with Crippen molar-refractivity contribution in [1.82, 2.24) is 4.90 Å². The van der Waals surface area contributed by atoms with Crippen LogP contribution in [0.3, 0.4) is 0 Å². The van der Waals surface area contributed by atoms with Crippen molar-refractivity contribution in [3.8, 4) is 0 Å². The molecule has 0 aromatic rings. The van der Waals surface area contributed by atoms with Gasteiger partial charge >= 0.3 is 0 Å². The van der Waals surface area contributed by atoms with Gasteiger partial charge in [-0.2, -0.15) is 0 Å². The number of nitrogens with two attached hydrogens (primary N) is 1. The van der Waals surface area contributed by atoms with E-state index < -0.39 is 6.43 Å². The van der Waals surface area contributed by atoms with E-state index in [1.165, 1.54) is 0 Å². The molecule has 5 heteroatoms. The highest BCUT2D eigenvalue weighted by atomic mass is 35.5. The van der Waals surface area contributed by atoms with Crippen molar-refractivity contribution >= 4 is 12.4 Å². The van der Waals surface area contributed by atoms with Gasteiger partial charge in [-0.15, -0.1) is 12.4 Å². The Morgan fingerprint density at radius 1 is 1.50 bits per heavy atom. The molecule has 0 saturated carbocycles. The lowest BCUT2D eigenvalue weighted by atomic mass is 10.1. The van der Waals surface area contributed by atoms with E-state index in [9.17, 15) is 8.78 Å². The second-order valence-electron chi connectivity index (χ2n) is 3.05. The maximum absolute atomic E-state index is 11.9. The molecule has 1 rings (SSSR count). The molecule has 1 heterocycles. The highest BCUT2D eigenvalue weighted by molar-refractivity contribution is 5.85. The summed E-state index contributed by atoms with van der Waals surface area (Å²) in [5, 5.41) is 0. The van der Waals surface area contributed by atoms with Crippen LogP contribution in [0.25, 0.3) is 0 Å². The predicted octanol–water partition coefficient (Wildman–Crippen LogP) is 1.10. The first-order valence-electron chi connectivity index (χ1n) is 3.94. The first-order chi connectivity index (χ1) is 5.18. The molecular weight excluding hydrogens is 186 g/mol. The van der Waals surface area contributed by atoms with Crippen molar-refractivity contribution < 1.29 is 8.78 Å². The molecule has 2 N–H and O–H groups in total. The smallest absolute Gasteiger partial charge is 0.251 e. The molecule has 12 heavy (non-hydrogen) atoms. The Labute approximate surface area is 77.5 Å². The number of hydrogen-bond acceptors (Lipinski definition) is 2. The zero-order chi connectivity index (χ0) is 8.27. The summed E-state index contributed by atoms with van der Waals surface area (Å²) < 4.78 is 23.7. The average molecular weight is 201 g/mol. The molecule has 1 aliphatic heterocycles. The Morgan fingerprint density at radius 3 is 2.67 bits per heavy atom. The molecule has 1 aliphatic rings. The van der Waals surface area contributed by atoms with Crippen molar-refractivity contribution in [2.24, 2.45) is 5.73 Å². The van der Waals surface area contributed by atoms with Crippen LogP contribution in [0.4, 0.5) is 8.78 Å². The molecule has 1 fully saturated rings. The van der Waals surface area contributed by atoms with Crippen LogP contribution in [-0.4, -0.2) is 37.0 Å². The lowest BCUT2D eigenvalue weighted by Crippen LogP contribution is -2.44. The summed E-state index contributed by atoms with van der Waals surface area (Å²) in [5.74, 6) is 0.